The zero-order valence-electron chi connectivity index (χ0n) is 13.9. The fourth-order valence-electron chi connectivity index (χ4n) is 3.57. The van der Waals surface area contributed by atoms with E-state index in [2.05, 4.69) is 15.4 Å². The van der Waals surface area contributed by atoms with E-state index in [9.17, 15) is 26.7 Å². The first kappa shape index (κ1) is 17.6. The van der Waals surface area contributed by atoms with E-state index in [-0.39, 0.29) is 35.2 Å². The lowest BCUT2D eigenvalue weighted by Crippen LogP contribution is -2.33. The van der Waals surface area contributed by atoms with E-state index in [4.69, 9.17) is 0 Å². The van der Waals surface area contributed by atoms with Crippen molar-refractivity contribution < 1.29 is 26.7 Å². The first-order valence-electron chi connectivity index (χ1n) is 8.16. The van der Waals surface area contributed by atoms with Gasteiger partial charge >= 0.3 is 6.18 Å². The first-order valence-corrected chi connectivity index (χ1v) is 8.16. The predicted molar refractivity (Wildman–Crippen MR) is 83.6 cm³/mol. The molecule has 2 atom stereocenters. The number of nitrogens with zero attached hydrogens (tertiary/aromatic N) is 3. The second-order valence-corrected chi connectivity index (χ2v) is 6.76. The smallest absolute Gasteiger partial charge is 0.328 e. The van der Waals surface area contributed by atoms with Crippen molar-refractivity contribution in [1.82, 2.24) is 14.8 Å². The van der Waals surface area contributed by atoms with Gasteiger partial charge in [0.15, 0.2) is 5.78 Å². The quantitative estimate of drug-likeness (QED) is 0.759. The number of rotatable bonds is 1. The van der Waals surface area contributed by atoms with E-state index < -0.39 is 29.7 Å². The summed E-state index contributed by atoms with van der Waals surface area (Å²) in [5.74, 6) is -3.75. The van der Waals surface area contributed by atoms with Gasteiger partial charge in [-0.25, -0.2) is 13.5 Å². The van der Waals surface area contributed by atoms with Crippen LogP contribution in [-0.4, -0.2) is 20.5 Å². The van der Waals surface area contributed by atoms with E-state index in [1.54, 1.807) is 0 Å². The van der Waals surface area contributed by atoms with Gasteiger partial charge in [0, 0.05) is 23.8 Å². The molecule has 2 aliphatic rings. The number of allylic oxidation sites excluding steroid dienone is 2. The van der Waals surface area contributed by atoms with Gasteiger partial charge < -0.3 is 5.32 Å². The standard InChI is InChI=1S/C17H13F5N4O/c1-7-2-11-13(12(27)3-7)14(8-4-9(18)6-10(19)5-8)26-16(23-11)24-15(25-26)17(20,21)22/h4-7,14H,2-3H2,1H3,(H,23,24,25)/t7-,14-/m1/s1. The highest BCUT2D eigenvalue weighted by atomic mass is 19.4. The molecular weight excluding hydrogens is 371 g/mol. The fraction of sp³-hybridized carbons (Fsp3) is 0.353. The third kappa shape index (κ3) is 2.98. The first-order chi connectivity index (χ1) is 12.6. The number of Topliss-reactive ketones (excluding diaryl/α,β-unsaturated/α-hetero) is 1. The molecule has 5 nitrogen and oxygen atoms in total. The zero-order valence-corrected chi connectivity index (χ0v) is 13.9. The molecule has 0 bridgehead atoms. The van der Waals surface area contributed by atoms with Gasteiger partial charge in [0.2, 0.25) is 5.95 Å². The highest BCUT2D eigenvalue weighted by Gasteiger charge is 2.43. The number of benzene rings is 1. The van der Waals surface area contributed by atoms with Crippen molar-refractivity contribution in [3.8, 4) is 0 Å². The Hall–Kier alpha value is -2.78. The third-order valence-corrected chi connectivity index (χ3v) is 4.58. The highest BCUT2D eigenvalue weighted by molar-refractivity contribution is 5.99. The van der Waals surface area contributed by atoms with Gasteiger partial charge in [0.25, 0.3) is 5.82 Å². The molecule has 27 heavy (non-hydrogen) atoms. The van der Waals surface area contributed by atoms with Crippen molar-refractivity contribution in [3.05, 3.63) is 52.5 Å². The maximum Gasteiger partial charge on any atom is 0.453 e. The summed E-state index contributed by atoms with van der Waals surface area (Å²) in [5, 5.41) is 6.21. The van der Waals surface area contributed by atoms with Gasteiger partial charge in [-0.05, 0) is 30.0 Å². The van der Waals surface area contributed by atoms with Crippen molar-refractivity contribution >= 4 is 11.7 Å². The molecule has 0 amide bonds. The summed E-state index contributed by atoms with van der Waals surface area (Å²) in [6.45, 7) is 1.83. The number of nitrogens with one attached hydrogen (secondary N) is 1. The number of anilines is 1. The molecule has 0 saturated carbocycles. The summed E-state index contributed by atoms with van der Waals surface area (Å²) in [7, 11) is 0. The van der Waals surface area contributed by atoms with Crippen LogP contribution >= 0.6 is 0 Å². The van der Waals surface area contributed by atoms with Crippen molar-refractivity contribution in [2.75, 3.05) is 5.32 Å². The Kier molecular flexibility index (Phi) is 3.83. The molecule has 1 aliphatic carbocycles. The Morgan fingerprint density at radius 1 is 1.15 bits per heavy atom. The molecule has 142 valence electrons. The molecule has 1 N–H and O–H groups in total. The Bertz CT molecular complexity index is 958. The zero-order chi connectivity index (χ0) is 19.5. The summed E-state index contributed by atoms with van der Waals surface area (Å²) in [5.41, 5.74) is 0.551. The van der Waals surface area contributed by atoms with Gasteiger partial charge in [0.05, 0.1) is 0 Å². The van der Waals surface area contributed by atoms with E-state index in [0.717, 1.165) is 16.8 Å². The van der Waals surface area contributed by atoms with Crippen molar-refractivity contribution in [1.29, 1.82) is 0 Å². The van der Waals surface area contributed by atoms with Crippen molar-refractivity contribution in [3.63, 3.8) is 0 Å². The second-order valence-electron chi connectivity index (χ2n) is 6.76. The molecule has 1 aliphatic heterocycles. The van der Waals surface area contributed by atoms with E-state index in [1.807, 2.05) is 6.92 Å². The molecule has 0 fully saturated rings. The summed E-state index contributed by atoms with van der Waals surface area (Å²) in [6, 6.07) is 1.42. The molecule has 1 aromatic carbocycles. The third-order valence-electron chi connectivity index (χ3n) is 4.58. The highest BCUT2D eigenvalue weighted by Crippen LogP contribution is 2.42. The molecule has 4 rings (SSSR count). The molecule has 1 aromatic heterocycles. The number of ketones is 1. The molecule has 0 spiro atoms. The Morgan fingerprint density at radius 3 is 2.44 bits per heavy atom. The number of aromatic nitrogens is 3. The maximum absolute atomic E-state index is 13.8. The van der Waals surface area contributed by atoms with E-state index >= 15 is 0 Å². The van der Waals surface area contributed by atoms with Gasteiger partial charge in [0.1, 0.15) is 17.7 Å². The number of hydrogen-bond donors (Lipinski definition) is 1. The van der Waals surface area contributed by atoms with Crippen LogP contribution in [0.1, 0.15) is 37.2 Å². The van der Waals surface area contributed by atoms with Crippen LogP contribution in [0.2, 0.25) is 0 Å². The molecule has 10 heteroatoms. The minimum atomic E-state index is -4.80. The van der Waals surface area contributed by atoms with E-state index in [0.29, 0.717) is 18.2 Å². The molecule has 0 saturated heterocycles. The Balaban J connectivity index is 1.94. The van der Waals surface area contributed by atoms with Crippen LogP contribution in [-0.2, 0) is 11.0 Å². The molecule has 2 heterocycles. The van der Waals surface area contributed by atoms with Gasteiger partial charge in [-0.2, -0.15) is 18.2 Å². The van der Waals surface area contributed by atoms with Crippen LogP contribution in [0.25, 0.3) is 0 Å². The van der Waals surface area contributed by atoms with Crippen LogP contribution in [0, 0.1) is 17.6 Å². The van der Waals surface area contributed by atoms with Crippen LogP contribution in [0.5, 0.6) is 0 Å². The second kappa shape index (κ2) is 5.86. The molecule has 0 unspecified atom stereocenters. The monoisotopic (exact) mass is 384 g/mol. The fourth-order valence-corrected chi connectivity index (χ4v) is 3.57. The summed E-state index contributed by atoms with van der Waals surface area (Å²) in [6.07, 6.45) is -4.21. The summed E-state index contributed by atoms with van der Waals surface area (Å²) >= 11 is 0. The van der Waals surface area contributed by atoms with Crippen LogP contribution < -0.4 is 5.32 Å². The van der Waals surface area contributed by atoms with Gasteiger partial charge in [-0.1, -0.05) is 6.92 Å². The minimum absolute atomic E-state index is 0.00993. The maximum atomic E-state index is 13.8. The van der Waals surface area contributed by atoms with E-state index in [1.165, 1.54) is 0 Å². The minimum Gasteiger partial charge on any atom is -0.328 e. The van der Waals surface area contributed by atoms with Gasteiger partial charge in [-0.3, -0.25) is 4.79 Å². The number of carbonyl (C=O) groups excluding carboxylic acids is 1. The van der Waals surface area contributed by atoms with Crippen molar-refractivity contribution in [2.24, 2.45) is 5.92 Å². The topological polar surface area (TPSA) is 59.8 Å². The summed E-state index contributed by atoms with van der Waals surface area (Å²) in [4.78, 5) is 16.1. The lowest BCUT2D eigenvalue weighted by molar-refractivity contribution is -0.145. The van der Waals surface area contributed by atoms with Crippen molar-refractivity contribution in [2.45, 2.75) is 32.0 Å². The van der Waals surface area contributed by atoms with Crippen LogP contribution in [0.4, 0.5) is 27.9 Å². The normalized spacial score (nSPS) is 22.4. The molecular formula is C17H13F5N4O. The predicted octanol–water partition coefficient (Wildman–Crippen LogP) is 3.84. The largest absolute Gasteiger partial charge is 0.453 e. The van der Waals surface area contributed by atoms with Crippen LogP contribution in [0.15, 0.2) is 29.5 Å². The number of alkyl halides is 3. The number of halogens is 5. The Morgan fingerprint density at radius 2 is 1.81 bits per heavy atom. The molecule has 0 radical (unpaired) electrons. The number of fused-ring (bicyclic) bond motifs is 1. The number of carbonyl (C=O) groups is 1. The average molecular weight is 384 g/mol. The van der Waals surface area contributed by atoms with Gasteiger partial charge in [-0.15, -0.1) is 5.10 Å². The molecule has 2 aromatic rings. The van der Waals surface area contributed by atoms with Crippen LogP contribution in [0.3, 0.4) is 0 Å². The lowest BCUT2D eigenvalue weighted by atomic mass is 9.81. The lowest BCUT2D eigenvalue weighted by Gasteiger charge is -2.34. The SMILES string of the molecule is C[C@H]1CC(=O)C2=C(C1)Nc1nc(C(F)(F)F)nn1[C@@H]2c1cc(F)cc(F)c1. The number of hydrogen-bond acceptors (Lipinski definition) is 4. The average Bonchev–Trinajstić information content (AvgIpc) is 2.95. The summed E-state index contributed by atoms with van der Waals surface area (Å²) < 4.78 is 67.6. The Labute approximate surface area is 149 Å².